The van der Waals surface area contributed by atoms with E-state index in [1.807, 2.05) is 18.7 Å². The lowest BCUT2D eigenvalue weighted by Gasteiger charge is -2.29. The van der Waals surface area contributed by atoms with E-state index in [1.165, 1.54) is 6.26 Å². The molecule has 3 amide bonds. The van der Waals surface area contributed by atoms with Crippen LogP contribution in [-0.2, 0) is 24.9 Å². The van der Waals surface area contributed by atoms with E-state index in [-0.39, 0.29) is 41.3 Å². The number of amides is 3. The van der Waals surface area contributed by atoms with Crippen LogP contribution in [0.1, 0.15) is 54.3 Å². The number of urea groups is 1. The number of aromatic nitrogens is 2. The molecule has 1 N–H and O–H groups in total. The maximum absolute atomic E-state index is 13.3. The van der Waals surface area contributed by atoms with E-state index in [0.29, 0.717) is 38.2 Å². The first-order chi connectivity index (χ1) is 14.9. The van der Waals surface area contributed by atoms with Crippen molar-refractivity contribution in [2.24, 2.45) is 0 Å². The van der Waals surface area contributed by atoms with E-state index in [4.69, 9.17) is 9.40 Å². The van der Waals surface area contributed by atoms with Gasteiger partial charge in [-0.2, -0.15) is 0 Å². The minimum absolute atomic E-state index is 0.0566. The lowest BCUT2D eigenvalue weighted by molar-refractivity contribution is 0.0699. The Morgan fingerprint density at radius 1 is 1.19 bits per heavy atom. The number of furan rings is 1. The highest BCUT2D eigenvalue weighted by molar-refractivity contribution is 5.91. The molecule has 0 bridgehead atoms. The second-order valence-corrected chi connectivity index (χ2v) is 9.08. The van der Waals surface area contributed by atoms with Crippen LogP contribution in [0.3, 0.4) is 0 Å². The number of hydrogen-bond donors (Lipinski definition) is 1. The Balaban J connectivity index is 1.41. The molecule has 0 radical (unpaired) electrons. The molecule has 9 nitrogen and oxygen atoms in total. The number of rotatable bonds is 2. The van der Waals surface area contributed by atoms with E-state index in [2.05, 4.69) is 5.32 Å². The summed E-state index contributed by atoms with van der Waals surface area (Å²) in [5, 5.41) is 2.96. The molecule has 0 saturated carbocycles. The van der Waals surface area contributed by atoms with Crippen molar-refractivity contribution in [2.45, 2.75) is 57.7 Å². The highest BCUT2D eigenvalue weighted by Gasteiger charge is 2.48. The van der Waals surface area contributed by atoms with Crippen molar-refractivity contribution in [1.29, 1.82) is 0 Å². The van der Waals surface area contributed by atoms with Gasteiger partial charge in [0.2, 0.25) is 0 Å². The van der Waals surface area contributed by atoms with Crippen molar-refractivity contribution in [3.63, 3.8) is 0 Å². The summed E-state index contributed by atoms with van der Waals surface area (Å²) in [7, 11) is 0. The summed E-state index contributed by atoms with van der Waals surface area (Å²) < 4.78 is 7.00. The lowest BCUT2D eigenvalue weighted by atomic mass is 9.85. The topological polar surface area (TPSA) is 101 Å². The Morgan fingerprint density at radius 3 is 2.74 bits per heavy atom. The Bertz CT molecular complexity index is 1090. The van der Waals surface area contributed by atoms with E-state index in [0.717, 1.165) is 24.4 Å². The van der Waals surface area contributed by atoms with Crippen molar-refractivity contribution in [2.75, 3.05) is 19.6 Å². The molecule has 1 fully saturated rings. The molecule has 31 heavy (non-hydrogen) atoms. The van der Waals surface area contributed by atoms with Crippen molar-refractivity contribution in [3.05, 3.63) is 51.6 Å². The number of nitrogens with one attached hydrogen (secondary N) is 1. The molecule has 5 rings (SSSR count). The van der Waals surface area contributed by atoms with Gasteiger partial charge in [0.05, 0.1) is 24.1 Å². The lowest BCUT2D eigenvalue weighted by Crippen LogP contribution is -2.44. The second-order valence-electron chi connectivity index (χ2n) is 9.08. The fourth-order valence-corrected chi connectivity index (χ4v) is 5.06. The monoisotopic (exact) mass is 425 g/mol. The summed E-state index contributed by atoms with van der Waals surface area (Å²) >= 11 is 0. The van der Waals surface area contributed by atoms with Crippen LogP contribution in [0, 0.1) is 0 Å². The van der Waals surface area contributed by atoms with E-state index >= 15 is 0 Å². The zero-order valence-electron chi connectivity index (χ0n) is 17.9. The summed E-state index contributed by atoms with van der Waals surface area (Å²) in [6, 6.07) is 3.34. The normalized spacial score (nSPS) is 22.2. The first-order valence-corrected chi connectivity index (χ1v) is 10.9. The van der Waals surface area contributed by atoms with Crippen LogP contribution >= 0.6 is 0 Å². The van der Waals surface area contributed by atoms with Crippen LogP contribution in [0.25, 0.3) is 0 Å². The molecule has 0 aromatic carbocycles. The molecule has 1 spiro atoms. The molecule has 3 aliphatic heterocycles. The molecule has 2 aromatic rings. The number of hydrogen-bond acceptors (Lipinski definition) is 5. The zero-order valence-corrected chi connectivity index (χ0v) is 17.9. The molecule has 1 saturated heterocycles. The van der Waals surface area contributed by atoms with Crippen LogP contribution < -0.4 is 10.9 Å². The molecule has 0 aliphatic carbocycles. The molecule has 3 aliphatic rings. The quantitative estimate of drug-likeness (QED) is 0.786. The van der Waals surface area contributed by atoms with E-state index < -0.39 is 0 Å². The van der Waals surface area contributed by atoms with Crippen LogP contribution in [0.5, 0.6) is 0 Å². The first kappa shape index (κ1) is 19.8. The predicted octanol–water partition coefficient (Wildman–Crippen LogP) is 1.50. The van der Waals surface area contributed by atoms with E-state index in [9.17, 15) is 14.4 Å². The Morgan fingerprint density at radius 2 is 2.00 bits per heavy atom. The first-order valence-electron chi connectivity index (χ1n) is 10.9. The third kappa shape index (κ3) is 3.23. The minimum atomic E-state index is -0.260. The summed E-state index contributed by atoms with van der Waals surface area (Å²) in [6.07, 6.45) is 3.63. The van der Waals surface area contributed by atoms with Crippen molar-refractivity contribution in [3.8, 4) is 0 Å². The highest BCUT2D eigenvalue weighted by Crippen LogP contribution is 2.41. The average molecular weight is 425 g/mol. The predicted molar refractivity (Wildman–Crippen MR) is 112 cm³/mol. The van der Waals surface area contributed by atoms with Crippen LogP contribution in [0.15, 0.2) is 27.6 Å². The third-order valence-electron chi connectivity index (χ3n) is 6.68. The Hall–Kier alpha value is -3.10. The van der Waals surface area contributed by atoms with E-state index in [1.54, 1.807) is 21.6 Å². The smallest absolute Gasteiger partial charge is 0.317 e. The summed E-state index contributed by atoms with van der Waals surface area (Å²) in [5.41, 5.74) is 1.06. The molecule has 2 aromatic heterocycles. The van der Waals surface area contributed by atoms with Gasteiger partial charge in [-0.3, -0.25) is 14.2 Å². The molecule has 1 atom stereocenters. The van der Waals surface area contributed by atoms with Crippen molar-refractivity contribution in [1.82, 2.24) is 24.7 Å². The number of nitrogens with zero attached hydrogens (tertiary/aromatic N) is 4. The summed E-state index contributed by atoms with van der Waals surface area (Å²) in [6.45, 7) is 6.48. The number of likely N-dealkylation sites (tertiary alicyclic amines) is 1. The van der Waals surface area contributed by atoms with Gasteiger partial charge in [0.1, 0.15) is 5.82 Å². The summed E-state index contributed by atoms with van der Waals surface area (Å²) in [5.74, 6) is 0.879. The maximum atomic E-state index is 13.3. The molecule has 1 unspecified atom stereocenters. The second kappa shape index (κ2) is 7.25. The van der Waals surface area contributed by atoms with Gasteiger partial charge in [-0.15, -0.1) is 0 Å². The van der Waals surface area contributed by atoms with Gasteiger partial charge < -0.3 is 19.5 Å². The fourth-order valence-electron chi connectivity index (χ4n) is 5.06. The Kier molecular flexibility index (Phi) is 4.64. The van der Waals surface area contributed by atoms with Crippen molar-refractivity contribution < 1.29 is 14.0 Å². The summed E-state index contributed by atoms with van der Waals surface area (Å²) in [4.78, 5) is 46.9. The van der Waals surface area contributed by atoms with Gasteiger partial charge in [0.25, 0.3) is 11.5 Å². The van der Waals surface area contributed by atoms with Gasteiger partial charge in [0.15, 0.2) is 5.76 Å². The average Bonchev–Trinajstić information content (AvgIpc) is 3.49. The molecule has 9 heteroatoms. The number of fused-ring (bicyclic) bond motifs is 3. The fraction of sp³-hybridized carbons (Fsp3) is 0.545. The standard InChI is InChI=1S/C22H27N5O4/c1-14(2)23-21(30)26-9-6-22(13-26)7-10-27-18(28)15-12-25(8-5-16(15)24-20(22)27)19(29)17-4-3-11-31-17/h3-4,11,14H,5-10,12-13H2,1-2H3,(H,23,30). The number of carbonyl (C=O) groups excluding carboxylic acids is 2. The van der Waals surface area contributed by atoms with Gasteiger partial charge >= 0.3 is 6.03 Å². The van der Waals surface area contributed by atoms with Gasteiger partial charge in [-0.05, 0) is 38.8 Å². The Labute approximate surface area is 180 Å². The molecular weight excluding hydrogens is 398 g/mol. The number of carbonyl (C=O) groups is 2. The van der Waals surface area contributed by atoms with Crippen LogP contribution in [-0.4, -0.2) is 57.0 Å². The molecule has 164 valence electrons. The largest absolute Gasteiger partial charge is 0.459 e. The van der Waals surface area contributed by atoms with Crippen LogP contribution in [0.2, 0.25) is 0 Å². The third-order valence-corrected chi connectivity index (χ3v) is 6.68. The van der Waals surface area contributed by atoms with Crippen molar-refractivity contribution >= 4 is 11.9 Å². The molecule has 5 heterocycles. The molecular formula is C22H27N5O4. The van der Waals surface area contributed by atoms with Gasteiger partial charge in [-0.25, -0.2) is 9.78 Å². The zero-order chi connectivity index (χ0) is 21.8. The maximum Gasteiger partial charge on any atom is 0.317 e. The SMILES string of the molecule is CC(C)NC(=O)N1CCC2(CCn3c2nc2c(c3=O)CN(C(=O)c3ccco3)CC2)C1. The van der Waals surface area contributed by atoms with Crippen LogP contribution in [0.4, 0.5) is 4.79 Å². The van der Waals surface area contributed by atoms with Gasteiger partial charge in [-0.1, -0.05) is 0 Å². The minimum Gasteiger partial charge on any atom is -0.459 e. The highest BCUT2D eigenvalue weighted by atomic mass is 16.3. The van der Waals surface area contributed by atoms with Gasteiger partial charge in [0, 0.05) is 44.1 Å².